The number of ether oxygens (including phenoxy) is 1. The Bertz CT molecular complexity index is 956. The van der Waals surface area contributed by atoms with Crippen molar-refractivity contribution in [3.8, 4) is 22.6 Å². The number of hydrogen-bond donors (Lipinski definition) is 1. The molecule has 1 unspecified atom stereocenters. The first-order chi connectivity index (χ1) is 12.6. The standard InChI is InChI=1S/C18H16FN5OS/c19-12-3-1-11(2-4-12)16-17(14-5-7-21-18(20)23-14)24(10-22-16)15-9-13(26)6-8-25-15/h1-5,7,10,15H,6,8-9H2,(H2,20,21,23). The fraction of sp³-hybridized carbons (Fsp3) is 0.222. The van der Waals surface area contributed by atoms with Gasteiger partial charge >= 0.3 is 0 Å². The summed E-state index contributed by atoms with van der Waals surface area (Å²) >= 11 is 5.38. The van der Waals surface area contributed by atoms with Crippen LogP contribution >= 0.6 is 12.2 Å². The maximum atomic E-state index is 13.3. The van der Waals surface area contributed by atoms with Crippen molar-refractivity contribution in [1.29, 1.82) is 0 Å². The van der Waals surface area contributed by atoms with Crippen molar-refractivity contribution >= 4 is 23.0 Å². The Morgan fingerprint density at radius 1 is 1.19 bits per heavy atom. The Balaban J connectivity index is 1.87. The normalized spacial score (nSPS) is 17.4. The number of halogens is 1. The number of nitrogens with zero attached hydrogens (tertiary/aromatic N) is 4. The number of rotatable bonds is 3. The lowest BCUT2D eigenvalue weighted by molar-refractivity contribution is 0.00172. The van der Waals surface area contributed by atoms with Crippen LogP contribution in [0.2, 0.25) is 0 Å². The molecule has 0 bridgehead atoms. The molecule has 3 heterocycles. The fourth-order valence-electron chi connectivity index (χ4n) is 3.00. The third-order valence-electron chi connectivity index (χ3n) is 4.23. The van der Waals surface area contributed by atoms with Crippen molar-refractivity contribution in [3.05, 3.63) is 48.7 Å². The summed E-state index contributed by atoms with van der Waals surface area (Å²) in [7, 11) is 0. The Morgan fingerprint density at radius 3 is 2.73 bits per heavy atom. The fourth-order valence-corrected chi connectivity index (χ4v) is 3.23. The molecule has 2 aromatic heterocycles. The summed E-state index contributed by atoms with van der Waals surface area (Å²) in [5, 5.41) is 0. The third-order valence-corrected chi connectivity index (χ3v) is 4.60. The minimum atomic E-state index is -0.304. The van der Waals surface area contributed by atoms with Crippen molar-refractivity contribution in [3.63, 3.8) is 0 Å². The predicted octanol–water partition coefficient (Wildman–Crippen LogP) is 3.41. The first-order valence-electron chi connectivity index (χ1n) is 8.17. The molecule has 1 saturated heterocycles. The van der Waals surface area contributed by atoms with Crippen LogP contribution in [-0.4, -0.2) is 31.0 Å². The molecule has 0 aliphatic carbocycles. The Labute approximate surface area is 154 Å². The highest BCUT2D eigenvalue weighted by Gasteiger charge is 2.25. The number of nitrogen functional groups attached to an aromatic ring is 1. The molecule has 6 nitrogen and oxygen atoms in total. The van der Waals surface area contributed by atoms with E-state index in [2.05, 4.69) is 15.0 Å². The molecule has 0 spiro atoms. The molecule has 1 atom stereocenters. The van der Waals surface area contributed by atoms with Gasteiger partial charge in [0, 0.05) is 24.6 Å². The highest BCUT2D eigenvalue weighted by Crippen LogP contribution is 2.34. The topological polar surface area (TPSA) is 78.8 Å². The molecule has 0 saturated carbocycles. The zero-order chi connectivity index (χ0) is 18.1. The molecular formula is C18H16FN5OS. The maximum Gasteiger partial charge on any atom is 0.220 e. The van der Waals surface area contributed by atoms with Gasteiger partial charge in [0.25, 0.3) is 0 Å². The van der Waals surface area contributed by atoms with E-state index in [0.717, 1.165) is 22.5 Å². The molecule has 132 valence electrons. The second kappa shape index (κ2) is 6.89. The third kappa shape index (κ3) is 3.21. The lowest BCUT2D eigenvalue weighted by Gasteiger charge is -2.26. The zero-order valence-corrected chi connectivity index (χ0v) is 14.6. The van der Waals surface area contributed by atoms with E-state index in [0.29, 0.717) is 24.4 Å². The van der Waals surface area contributed by atoms with Crippen LogP contribution in [0.15, 0.2) is 42.9 Å². The Kier molecular flexibility index (Phi) is 4.44. The number of imidazole rings is 1. The van der Waals surface area contributed by atoms with Crippen LogP contribution < -0.4 is 5.73 Å². The summed E-state index contributed by atoms with van der Waals surface area (Å²) in [6.07, 6.45) is 4.44. The van der Waals surface area contributed by atoms with Gasteiger partial charge in [-0.15, -0.1) is 0 Å². The van der Waals surface area contributed by atoms with E-state index in [9.17, 15) is 4.39 Å². The maximum absolute atomic E-state index is 13.3. The molecule has 8 heteroatoms. The first kappa shape index (κ1) is 16.7. The summed E-state index contributed by atoms with van der Waals surface area (Å²) in [6.45, 7) is 0.568. The molecular weight excluding hydrogens is 353 g/mol. The molecule has 4 rings (SSSR count). The summed E-state index contributed by atoms with van der Waals surface area (Å²) in [6, 6.07) is 7.93. The van der Waals surface area contributed by atoms with Crippen molar-refractivity contribution in [2.24, 2.45) is 0 Å². The van der Waals surface area contributed by atoms with Crippen molar-refractivity contribution in [1.82, 2.24) is 19.5 Å². The number of hydrogen-bond acceptors (Lipinski definition) is 6. The molecule has 26 heavy (non-hydrogen) atoms. The highest BCUT2D eigenvalue weighted by atomic mass is 32.1. The number of thiocarbonyl (C=S) groups is 1. The minimum Gasteiger partial charge on any atom is -0.368 e. The molecule has 2 N–H and O–H groups in total. The van der Waals surface area contributed by atoms with E-state index in [4.69, 9.17) is 22.7 Å². The molecule has 3 aromatic rings. The van der Waals surface area contributed by atoms with Gasteiger partial charge in [0.2, 0.25) is 5.95 Å². The van der Waals surface area contributed by atoms with E-state index in [1.165, 1.54) is 12.1 Å². The summed E-state index contributed by atoms with van der Waals surface area (Å²) in [5.41, 5.74) is 8.57. The van der Waals surface area contributed by atoms with E-state index in [1.54, 1.807) is 30.7 Å². The van der Waals surface area contributed by atoms with E-state index >= 15 is 0 Å². The summed E-state index contributed by atoms with van der Waals surface area (Å²) in [4.78, 5) is 13.8. The van der Waals surface area contributed by atoms with Gasteiger partial charge in [-0.05, 0) is 35.2 Å². The molecule has 1 aliphatic heterocycles. The molecule has 0 amide bonds. The van der Waals surface area contributed by atoms with Crippen molar-refractivity contribution < 1.29 is 9.13 Å². The van der Waals surface area contributed by atoms with E-state index in [1.807, 2.05) is 4.57 Å². The SMILES string of the molecule is Nc1nccc(-c2c(-c3ccc(F)cc3)ncn2C2CC(=S)CCO2)n1. The van der Waals surface area contributed by atoms with Gasteiger partial charge in [0.15, 0.2) is 0 Å². The Hall–Kier alpha value is -2.71. The van der Waals surface area contributed by atoms with Crippen LogP contribution in [0.4, 0.5) is 10.3 Å². The van der Waals surface area contributed by atoms with Crippen LogP contribution in [-0.2, 0) is 4.74 Å². The van der Waals surface area contributed by atoms with Crippen LogP contribution in [0.3, 0.4) is 0 Å². The van der Waals surface area contributed by atoms with Gasteiger partial charge in [0.1, 0.15) is 12.0 Å². The molecule has 1 fully saturated rings. The van der Waals surface area contributed by atoms with Crippen LogP contribution in [0.5, 0.6) is 0 Å². The van der Waals surface area contributed by atoms with E-state index < -0.39 is 0 Å². The zero-order valence-electron chi connectivity index (χ0n) is 13.8. The van der Waals surface area contributed by atoms with Crippen LogP contribution in [0, 0.1) is 5.82 Å². The lowest BCUT2D eigenvalue weighted by Crippen LogP contribution is -2.23. The quantitative estimate of drug-likeness (QED) is 0.713. The number of nitrogens with two attached hydrogens (primary N) is 1. The average Bonchev–Trinajstić information content (AvgIpc) is 3.07. The molecule has 1 aromatic carbocycles. The largest absolute Gasteiger partial charge is 0.368 e. The van der Waals surface area contributed by atoms with Gasteiger partial charge in [-0.1, -0.05) is 12.2 Å². The molecule has 1 aliphatic rings. The van der Waals surface area contributed by atoms with Gasteiger partial charge in [-0.3, -0.25) is 0 Å². The predicted molar refractivity (Wildman–Crippen MR) is 99.9 cm³/mol. The second-order valence-corrected chi connectivity index (χ2v) is 6.55. The summed E-state index contributed by atoms with van der Waals surface area (Å²) < 4.78 is 21.1. The van der Waals surface area contributed by atoms with Gasteiger partial charge in [-0.2, -0.15) is 0 Å². The Morgan fingerprint density at radius 2 is 2.00 bits per heavy atom. The van der Waals surface area contributed by atoms with E-state index in [-0.39, 0.29) is 18.0 Å². The minimum absolute atomic E-state index is 0.167. The van der Waals surface area contributed by atoms with Gasteiger partial charge < -0.3 is 15.0 Å². The van der Waals surface area contributed by atoms with Crippen LogP contribution in [0.25, 0.3) is 22.6 Å². The van der Waals surface area contributed by atoms with Gasteiger partial charge in [-0.25, -0.2) is 19.3 Å². The number of anilines is 1. The van der Waals surface area contributed by atoms with Gasteiger partial charge in [0.05, 0.1) is 30.0 Å². The van der Waals surface area contributed by atoms with Crippen LogP contribution in [0.1, 0.15) is 19.1 Å². The van der Waals surface area contributed by atoms with Crippen molar-refractivity contribution in [2.45, 2.75) is 19.1 Å². The monoisotopic (exact) mass is 369 g/mol. The number of benzene rings is 1. The summed E-state index contributed by atoms with van der Waals surface area (Å²) in [5.74, 6) is -0.137. The smallest absolute Gasteiger partial charge is 0.220 e. The average molecular weight is 369 g/mol. The lowest BCUT2D eigenvalue weighted by atomic mass is 10.1. The first-order valence-corrected chi connectivity index (χ1v) is 8.57. The molecule has 0 radical (unpaired) electrons. The highest BCUT2D eigenvalue weighted by molar-refractivity contribution is 7.80. The second-order valence-electron chi connectivity index (χ2n) is 5.97. The van der Waals surface area contributed by atoms with Crippen molar-refractivity contribution in [2.75, 3.05) is 12.3 Å². The number of aromatic nitrogens is 4.